The third-order valence-electron chi connectivity index (χ3n) is 2.44. The zero-order valence-electron chi connectivity index (χ0n) is 10.0. The molecule has 6 heteroatoms. The first kappa shape index (κ1) is 13.9. The highest BCUT2D eigenvalue weighted by atomic mass is 16.6. The predicted octanol–water partition coefficient (Wildman–Crippen LogP) is 1.49. The van der Waals surface area contributed by atoms with Crippen molar-refractivity contribution in [1.29, 1.82) is 0 Å². The smallest absolute Gasteiger partial charge is 0.347 e. The van der Waals surface area contributed by atoms with Crippen LogP contribution in [-0.4, -0.2) is 25.1 Å². The summed E-state index contributed by atoms with van der Waals surface area (Å²) in [6.45, 7) is 0. The molecule has 1 aromatic carbocycles. The number of nitrogens with zero attached hydrogens (tertiary/aromatic N) is 1. The Morgan fingerprint density at radius 3 is 2.39 bits per heavy atom. The Balaban J connectivity index is 3.31. The van der Waals surface area contributed by atoms with E-state index in [0.29, 0.717) is 11.8 Å². The number of carbonyl (C=O) groups excluding carboxylic acids is 1. The van der Waals surface area contributed by atoms with E-state index in [-0.39, 0.29) is 0 Å². The molecule has 18 heavy (non-hydrogen) atoms. The Bertz CT molecular complexity index is 457. The summed E-state index contributed by atoms with van der Waals surface area (Å²) in [7, 11) is 2.48. The molecule has 0 aliphatic rings. The minimum Gasteiger partial charge on any atom is -0.466 e. The molecule has 0 unspecified atom stereocenters. The van der Waals surface area contributed by atoms with Crippen molar-refractivity contribution >= 4 is 5.97 Å². The summed E-state index contributed by atoms with van der Waals surface area (Å²) in [4.78, 5) is 21.6. The fourth-order valence-corrected chi connectivity index (χ4v) is 1.55. The zero-order chi connectivity index (χ0) is 13.6. The van der Waals surface area contributed by atoms with Gasteiger partial charge in [-0.05, 0) is 5.56 Å². The van der Waals surface area contributed by atoms with Crippen LogP contribution in [0.3, 0.4) is 0 Å². The fraction of sp³-hybridized carbons (Fsp3) is 0.250. The van der Waals surface area contributed by atoms with Gasteiger partial charge in [-0.15, -0.1) is 0 Å². The van der Waals surface area contributed by atoms with Crippen LogP contribution in [0.15, 0.2) is 42.6 Å². The minimum atomic E-state index is -1.61. The highest BCUT2D eigenvalue weighted by Crippen LogP contribution is 2.28. The van der Waals surface area contributed by atoms with Gasteiger partial charge in [0.15, 0.2) is 0 Å². The topological polar surface area (TPSA) is 78.7 Å². The van der Waals surface area contributed by atoms with Gasteiger partial charge in [0.05, 0.1) is 12.0 Å². The monoisotopic (exact) mass is 251 g/mol. The maximum atomic E-state index is 11.9. The molecule has 0 heterocycles. The van der Waals surface area contributed by atoms with Crippen LogP contribution in [0.4, 0.5) is 0 Å². The molecule has 0 saturated heterocycles. The van der Waals surface area contributed by atoms with Crippen LogP contribution in [0.1, 0.15) is 5.56 Å². The first-order valence-corrected chi connectivity index (χ1v) is 5.08. The Kier molecular flexibility index (Phi) is 4.56. The van der Waals surface area contributed by atoms with Crippen molar-refractivity contribution in [2.24, 2.45) is 0 Å². The molecule has 0 amide bonds. The number of benzene rings is 1. The molecular formula is C12H13NO5. The SMILES string of the molecule is COC(=O)[C@](/C=C/[N+](=O)[O-])(OC)c1ccccc1. The number of hydrogen-bond donors (Lipinski definition) is 0. The molecule has 0 saturated carbocycles. The van der Waals surface area contributed by atoms with Gasteiger partial charge in [-0.1, -0.05) is 30.3 Å². The van der Waals surface area contributed by atoms with Crippen LogP contribution in [0.25, 0.3) is 0 Å². The molecule has 0 fully saturated rings. The van der Waals surface area contributed by atoms with E-state index in [2.05, 4.69) is 4.74 Å². The Morgan fingerprint density at radius 1 is 1.33 bits per heavy atom. The fourth-order valence-electron chi connectivity index (χ4n) is 1.55. The summed E-state index contributed by atoms with van der Waals surface area (Å²) in [5.41, 5.74) is -1.15. The van der Waals surface area contributed by atoms with Gasteiger partial charge in [0, 0.05) is 13.2 Å². The molecule has 96 valence electrons. The molecule has 0 aromatic heterocycles. The lowest BCUT2D eigenvalue weighted by atomic mass is 9.93. The quantitative estimate of drug-likeness (QED) is 0.450. The van der Waals surface area contributed by atoms with Crippen molar-refractivity contribution in [3.63, 3.8) is 0 Å². The van der Waals surface area contributed by atoms with Gasteiger partial charge >= 0.3 is 5.97 Å². The number of hydrogen-bond acceptors (Lipinski definition) is 5. The van der Waals surface area contributed by atoms with Gasteiger partial charge in [-0.25, -0.2) is 4.79 Å². The molecule has 1 aromatic rings. The molecule has 0 bridgehead atoms. The number of carbonyl (C=O) groups is 1. The van der Waals surface area contributed by atoms with Gasteiger partial charge in [0.25, 0.3) is 0 Å². The minimum absolute atomic E-state index is 0.456. The summed E-state index contributed by atoms with van der Waals surface area (Å²) < 4.78 is 9.82. The summed E-state index contributed by atoms with van der Waals surface area (Å²) in [5, 5.41) is 10.4. The third kappa shape index (κ3) is 2.72. The van der Waals surface area contributed by atoms with Crippen molar-refractivity contribution in [1.82, 2.24) is 0 Å². The maximum absolute atomic E-state index is 11.9. The largest absolute Gasteiger partial charge is 0.466 e. The second-order valence-electron chi connectivity index (χ2n) is 3.40. The lowest BCUT2D eigenvalue weighted by Gasteiger charge is -2.25. The highest BCUT2D eigenvalue weighted by Gasteiger charge is 2.40. The predicted molar refractivity (Wildman–Crippen MR) is 63.3 cm³/mol. The maximum Gasteiger partial charge on any atom is 0.347 e. The Labute approximate surface area is 104 Å². The summed E-state index contributed by atoms with van der Waals surface area (Å²) in [5.74, 6) is -0.727. The average molecular weight is 251 g/mol. The normalized spacial score (nSPS) is 14.1. The van der Waals surface area contributed by atoms with Crippen LogP contribution in [0.5, 0.6) is 0 Å². The van der Waals surface area contributed by atoms with Gasteiger partial charge in [0.2, 0.25) is 11.8 Å². The molecule has 1 rings (SSSR count). The molecule has 0 N–H and O–H groups in total. The number of rotatable bonds is 5. The van der Waals surface area contributed by atoms with Gasteiger partial charge < -0.3 is 9.47 Å². The third-order valence-corrected chi connectivity index (χ3v) is 2.44. The molecule has 0 aliphatic carbocycles. The van der Waals surface area contributed by atoms with Crippen molar-refractivity contribution in [2.75, 3.05) is 14.2 Å². The van der Waals surface area contributed by atoms with Crippen LogP contribution in [0, 0.1) is 10.1 Å². The van der Waals surface area contributed by atoms with Crippen molar-refractivity contribution in [2.45, 2.75) is 5.60 Å². The Morgan fingerprint density at radius 2 is 1.94 bits per heavy atom. The van der Waals surface area contributed by atoms with Gasteiger partial charge in [-0.3, -0.25) is 10.1 Å². The molecule has 0 aliphatic heterocycles. The van der Waals surface area contributed by atoms with Crippen LogP contribution >= 0.6 is 0 Å². The van der Waals surface area contributed by atoms with E-state index in [1.807, 2.05) is 0 Å². The molecule has 1 atom stereocenters. The van der Waals surface area contributed by atoms with E-state index in [4.69, 9.17) is 4.74 Å². The van der Waals surface area contributed by atoms with E-state index in [0.717, 1.165) is 6.08 Å². The highest BCUT2D eigenvalue weighted by molar-refractivity contribution is 5.83. The van der Waals surface area contributed by atoms with Crippen molar-refractivity contribution in [3.8, 4) is 0 Å². The van der Waals surface area contributed by atoms with Gasteiger partial charge in [0.1, 0.15) is 0 Å². The first-order valence-electron chi connectivity index (χ1n) is 5.08. The Hall–Kier alpha value is -2.21. The number of ether oxygens (including phenoxy) is 2. The van der Waals surface area contributed by atoms with Crippen molar-refractivity contribution in [3.05, 3.63) is 58.3 Å². The average Bonchev–Trinajstić information content (AvgIpc) is 2.40. The number of nitro groups is 1. The number of esters is 1. The van der Waals surface area contributed by atoms with E-state index in [1.165, 1.54) is 14.2 Å². The van der Waals surface area contributed by atoms with E-state index in [1.54, 1.807) is 30.3 Å². The van der Waals surface area contributed by atoms with E-state index in [9.17, 15) is 14.9 Å². The molecule has 0 spiro atoms. The van der Waals surface area contributed by atoms with E-state index >= 15 is 0 Å². The molecule has 6 nitrogen and oxygen atoms in total. The first-order chi connectivity index (χ1) is 8.56. The van der Waals surface area contributed by atoms with Crippen LogP contribution in [-0.2, 0) is 19.9 Å². The summed E-state index contributed by atoms with van der Waals surface area (Å²) in [6.07, 6.45) is 1.72. The van der Waals surface area contributed by atoms with Gasteiger partial charge in [-0.2, -0.15) is 0 Å². The lowest BCUT2D eigenvalue weighted by molar-refractivity contribution is -0.403. The zero-order valence-corrected chi connectivity index (χ0v) is 10.0. The lowest BCUT2D eigenvalue weighted by Crippen LogP contribution is -2.37. The summed E-state index contributed by atoms with van der Waals surface area (Å²) in [6, 6.07) is 8.42. The van der Waals surface area contributed by atoms with Crippen LogP contribution < -0.4 is 0 Å². The number of methoxy groups -OCH3 is 2. The molecular weight excluding hydrogens is 238 g/mol. The second kappa shape index (κ2) is 5.92. The van der Waals surface area contributed by atoms with E-state index < -0.39 is 16.5 Å². The van der Waals surface area contributed by atoms with Crippen LogP contribution in [0.2, 0.25) is 0 Å². The second-order valence-corrected chi connectivity index (χ2v) is 3.40. The summed E-state index contributed by atoms with van der Waals surface area (Å²) >= 11 is 0. The standard InChI is InChI=1S/C12H13NO5/c1-17-11(14)12(18-2,8-9-13(15)16)10-6-4-3-5-7-10/h3-9H,1-2H3/b9-8+/t12-/m1/s1. The molecule has 0 radical (unpaired) electrons. The van der Waals surface area contributed by atoms with Crippen molar-refractivity contribution < 1.29 is 19.2 Å².